The highest BCUT2D eigenvalue weighted by molar-refractivity contribution is 6.17. The molecule has 1 rings (SSSR count). The molecule has 0 amide bonds. The lowest BCUT2D eigenvalue weighted by atomic mass is 10.1. The van der Waals surface area contributed by atoms with E-state index in [4.69, 9.17) is 5.73 Å². The van der Waals surface area contributed by atoms with Crippen LogP contribution in [0.15, 0.2) is 29.8 Å². The number of carbonyl (C=O) groups is 2. The van der Waals surface area contributed by atoms with Crippen LogP contribution >= 0.6 is 0 Å². The van der Waals surface area contributed by atoms with E-state index in [0.29, 0.717) is 12.1 Å². The molecule has 96 valence electrons. The number of nitrogens with two attached hydrogens (primary N) is 1. The van der Waals surface area contributed by atoms with Gasteiger partial charge in [-0.05, 0) is 17.2 Å². The van der Waals surface area contributed by atoms with Crippen LogP contribution in [0.2, 0.25) is 0 Å². The quantitative estimate of drug-likeness (QED) is 0.371. The van der Waals surface area contributed by atoms with E-state index in [-0.39, 0.29) is 5.57 Å². The standard InChI is InChI=1S/C13H15NO4/c1-17-12(15)11(13(16)18-2)7-9-4-3-5-10(6-9)8-14/h3-7H,8,14H2,1-2H3. The molecule has 0 radical (unpaired) electrons. The molecule has 0 saturated carbocycles. The van der Waals surface area contributed by atoms with Gasteiger partial charge in [0, 0.05) is 6.54 Å². The second-order valence-corrected chi connectivity index (χ2v) is 3.49. The van der Waals surface area contributed by atoms with Crippen molar-refractivity contribution in [3.8, 4) is 0 Å². The third kappa shape index (κ3) is 3.43. The van der Waals surface area contributed by atoms with Gasteiger partial charge in [-0.1, -0.05) is 24.3 Å². The van der Waals surface area contributed by atoms with E-state index in [1.54, 1.807) is 18.2 Å². The first-order chi connectivity index (χ1) is 8.62. The Bertz CT molecular complexity index is 462. The second kappa shape index (κ2) is 6.56. The minimum atomic E-state index is -0.736. The van der Waals surface area contributed by atoms with Crippen LogP contribution in [0.4, 0.5) is 0 Å². The van der Waals surface area contributed by atoms with E-state index in [1.165, 1.54) is 20.3 Å². The third-order valence-electron chi connectivity index (χ3n) is 2.31. The summed E-state index contributed by atoms with van der Waals surface area (Å²) < 4.78 is 9.06. The van der Waals surface area contributed by atoms with Crippen molar-refractivity contribution in [3.63, 3.8) is 0 Å². The van der Waals surface area contributed by atoms with E-state index in [2.05, 4.69) is 9.47 Å². The van der Waals surface area contributed by atoms with Crippen molar-refractivity contribution in [2.24, 2.45) is 5.73 Å². The smallest absolute Gasteiger partial charge is 0.345 e. The molecule has 0 fully saturated rings. The maximum atomic E-state index is 11.5. The maximum absolute atomic E-state index is 11.5. The monoisotopic (exact) mass is 249 g/mol. The maximum Gasteiger partial charge on any atom is 0.345 e. The SMILES string of the molecule is COC(=O)C(=Cc1cccc(CN)c1)C(=O)OC. The largest absolute Gasteiger partial charge is 0.465 e. The van der Waals surface area contributed by atoms with Crippen molar-refractivity contribution in [1.29, 1.82) is 0 Å². The summed E-state index contributed by atoms with van der Waals surface area (Å²) in [4.78, 5) is 22.9. The van der Waals surface area contributed by atoms with Crippen LogP contribution in [0.5, 0.6) is 0 Å². The van der Waals surface area contributed by atoms with Crippen LogP contribution in [-0.4, -0.2) is 26.2 Å². The Labute approximate surface area is 105 Å². The van der Waals surface area contributed by atoms with E-state index in [1.807, 2.05) is 6.07 Å². The Morgan fingerprint density at radius 2 is 1.83 bits per heavy atom. The number of methoxy groups -OCH3 is 2. The third-order valence-corrected chi connectivity index (χ3v) is 2.31. The number of ether oxygens (including phenoxy) is 2. The molecule has 0 aliphatic rings. The van der Waals surface area contributed by atoms with Gasteiger partial charge in [-0.25, -0.2) is 9.59 Å². The lowest BCUT2D eigenvalue weighted by molar-refractivity contribution is -0.143. The zero-order valence-electron chi connectivity index (χ0n) is 10.3. The molecule has 18 heavy (non-hydrogen) atoms. The first-order valence-corrected chi connectivity index (χ1v) is 5.29. The first kappa shape index (κ1) is 13.9. The predicted octanol–water partition coefficient (Wildman–Crippen LogP) is 0.875. The van der Waals surface area contributed by atoms with Gasteiger partial charge in [0.05, 0.1) is 14.2 Å². The summed E-state index contributed by atoms with van der Waals surface area (Å²) in [5, 5.41) is 0. The fraction of sp³-hybridized carbons (Fsp3) is 0.231. The fourth-order valence-electron chi connectivity index (χ4n) is 1.40. The summed E-state index contributed by atoms with van der Waals surface area (Å²) in [6.45, 7) is 0.382. The molecule has 0 aromatic heterocycles. The normalized spacial score (nSPS) is 9.50. The summed E-state index contributed by atoms with van der Waals surface area (Å²) in [5.74, 6) is -1.47. The average molecular weight is 249 g/mol. The van der Waals surface area contributed by atoms with Crippen LogP contribution in [0.25, 0.3) is 6.08 Å². The zero-order chi connectivity index (χ0) is 13.5. The van der Waals surface area contributed by atoms with Crippen molar-refractivity contribution in [2.75, 3.05) is 14.2 Å². The lowest BCUT2D eigenvalue weighted by Crippen LogP contribution is -2.15. The highest BCUT2D eigenvalue weighted by Gasteiger charge is 2.19. The zero-order valence-corrected chi connectivity index (χ0v) is 10.3. The van der Waals surface area contributed by atoms with Gasteiger partial charge >= 0.3 is 11.9 Å². The summed E-state index contributed by atoms with van der Waals surface area (Å²) in [7, 11) is 2.41. The van der Waals surface area contributed by atoms with Gasteiger partial charge in [-0.2, -0.15) is 0 Å². The molecule has 0 bridgehead atoms. The molecule has 0 unspecified atom stereocenters. The minimum absolute atomic E-state index is 0.158. The molecular weight excluding hydrogens is 234 g/mol. The van der Waals surface area contributed by atoms with Crippen molar-refractivity contribution >= 4 is 18.0 Å². The molecule has 0 spiro atoms. The summed E-state index contributed by atoms with van der Waals surface area (Å²) in [6.07, 6.45) is 1.41. The molecule has 2 N–H and O–H groups in total. The first-order valence-electron chi connectivity index (χ1n) is 5.29. The summed E-state index contributed by atoms with van der Waals surface area (Å²) in [5.41, 5.74) is 6.94. The predicted molar refractivity (Wildman–Crippen MR) is 66.3 cm³/mol. The molecule has 1 aromatic carbocycles. The summed E-state index contributed by atoms with van der Waals surface area (Å²) >= 11 is 0. The second-order valence-electron chi connectivity index (χ2n) is 3.49. The molecule has 5 heteroatoms. The number of benzene rings is 1. The van der Waals surface area contributed by atoms with Crippen LogP contribution < -0.4 is 5.73 Å². The topological polar surface area (TPSA) is 78.6 Å². The Balaban J connectivity index is 3.14. The molecule has 1 aromatic rings. The van der Waals surface area contributed by atoms with E-state index in [9.17, 15) is 9.59 Å². The van der Waals surface area contributed by atoms with Crippen LogP contribution in [0.3, 0.4) is 0 Å². The van der Waals surface area contributed by atoms with Gasteiger partial charge in [-0.15, -0.1) is 0 Å². The van der Waals surface area contributed by atoms with E-state index in [0.717, 1.165) is 5.56 Å². The Morgan fingerprint density at radius 3 is 2.33 bits per heavy atom. The minimum Gasteiger partial charge on any atom is -0.465 e. The van der Waals surface area contributed by atoms with Gasteiger partial charge in [0.2, 0.25) is 0 Å². The van der Waals surface area contributed by atoms with Gasteiger partial charge in [0.1, 0.15) is 5.57 Å². The van der Waals surface area contributed by atoms with Gasteiger partial charge in [-0.3, -0.25) is 0 Å². The fourth-order valence-corrected chi connectivity index (χ4v) is 1.40. The number of hydrogen-bond acceptors (Lipinski definition) is 5. The Hall–Kier alpha value is -2.14. The average Bonchev–Trinajstić information content (AvgIpc) is 2.43. The molecular formula is C13H15NO4. The molecule has 0 aliphatic carbocycles. The van der Waals surface area contributed by atoms with Gasteiger partial charge in [0.15, 0.2) is 0 Å². The van der Waals surface area contributed by atoms with Gasteiger partial charge in [0.25, 0.3) is 0 Å². The lowest BCUT2D eigenvalue weighted by Gasteiger charge is -2.04. The molecule has 0 heterocycles. The van der Waals surface area contributed by atoms with Crippen molar-refractivity contribution in [3.05, 3.63) is 41.0 Å². The van der Waals surface area contributed by atoms with Crippen LogP contribution in [0, 0.1) is 0 Å². The van der Waals surface area contributed by atoms with E-state index >= 15 is 0 Å². The Morgan fingerprint density at radius 1 is 1.22 bits per heavy atom. The summed E-state index contributed by atoms with van der Waals surface area (Å²) in [6, 6.07) is 7.18. The molecule has 0 aliphatic heterocycles. The highest BCUT2D eigenvalue weighted by atomic mass is 16.5. The molecule has 0 saturated heterocycles. The molecule has 0 atom stereocenters. The number of rotatable bonds is 4. The highest BCUT2D eigenvalue weighted by Crippen LogP contribution is 2.11. The number of carbonyl (C=O) groups excluding carboxylic acids is 2. The van der Waals surface area contributed by atoms with Crippen molar-refractivity contribution < 1.29 is 19.1 Å². The number of esters is 2. The molecule has 5 nitrogen and oxygen atoms in total. The van der Waals surface area contributed by atoms with E-state index < -0.39 is 11.9 Å². The Kier molecular flexibility index (Phi) is 5.07. The van der Waals surface area contributed by atoms with Crippen LogP contribution in [0.1, 0.15) is 11.1 Å². The van der Waals surface area contributed by atoms with Crippen LogP contribution in [-0.2, 0) is 25.6 Å². The number of hydrogen-bond donors (Lipinski definition) is 1. The van der Waals surface area contributed by atoms with Crippen molar-refractivity contribution in [1.82, 2.24) is 0 Å². The van der Waals surface area contributed by atoms with Crippen molar-refractivity contribution in [2.45, 2.75) is 6.54 Å². The van der Waals surface area contributed by atoms with Gasteiger partial charge < -0.3 is 15.2 Å².